The van der Waals surface area contributed by atoms with E-state index in [0.29, 0.717) is 11.3 Å². The molecule has 1 unspecified atom stereocenters. The SMILES string of the molecule is O=C(O)CC(Sc1ccc(NC(=O)c2ccc(NC3=CCCCN3)cc2)cc1)c1ccccc1. The van der Waals surface area contributed by atoms with Crippen molar-refractivity contribution in [2.45, 2.75) is 29.4 Å². The van der Waals surface area contributed by atoms with E-state index in [0.717, 1.165) is 41.4 Å². The van der Waals surface area contributed by atoms with Gasteiger partial charge in [0.1, 0.15) is 0 Å². The van der Waals surface area contributed by atoms with Crippen LogP contribution in [0, 0.1) is 0 Å². The number of carboxylic acids is 1. The van der Waals surface area contributed by atoms with Gasteiger partial charge >= 0.3 is 5.97 Å². The van der Waals surface area contributed by atoms with Crippen LogP contribution in [0.3, 0.4) is 0 Å². The number of nitrogens with one attached hydrogen (secondary N) is 3. The van der Waals surface area contributed by atoms with E-state index in [1.54, 1.807) is 12.1 Å². The Kier molecular flexibility index (Phi) is 7.88. The smallest absolute Gasteiger partial charge is 0.304 e. The summed E-state index contributed by atoms with van der Waals surface area (Å²) in [7, 11) is 0. The van der Waals surface area contributed by atoms with Gasteiger partial charge in [-0.15, -0.1) is 11.8 Å². The Morgan fingerprint density at radius 3 is 2.29 bits per heavy atom. The van der Waals surface area contributed by atoms with Crippen LogP contribution in [-0.2, 0) is 4.79 Å². The summed E-state index contributed by atoms with van der Waals surface area (Å²) in [5.41, 5.74) is 3.15. The lowest BCUT2D eigenvalue weighted by Gasteiger charge is -2.17. The van der Waals surface area contributed by atoms with Gasteiger partial charge in [0.15, 0.2) is 0 Å². The fraction of sp³-hybridized carbons (Fsp3) is 0.185. The number of anilines is 2. The van der Waals surface area contributed by atoms with Crippen molar-refractivity contribution in [3.05, 3.63) is 102 Å². The standard InChI is InChI=1S/C27H27N3O3S/c31-26(32)18-24(19-6-2-1-3-7-19)34-23-15-13-22(14-16-23)30-27(33)20-9-11-21(12-10-20)29-25-8-4-5-17-28-25/h1-3,6-16,24,28-29H,4-5,17-18H2,(H,30,33)(H,31,32). The molecule has 0 saturated heterocycles. The molecule has 4 rings (SSSR count). The topological polar surface area (TPSA) is 90.5 Å². The zero-order chi connectivity index (χ0) is 23.8. The maximum absolute atomic E-state index is 12.7. The molecule has 0 bridgehead atoms. The minimum atomic E-state index is -0.835. The lowest BCUT2D eigenvalue weighted by molar-refractivity contribution is -0.137. The number of amides is 1. The molecular formula is C27H27N3O3S. The number of hydrogen-bond donors (Lipinski definition) is 4. The van der Waals surface area contributed by atoms with E-state index >= 15 is 0 Å². The fourth-order valence-electron chi connectivity index (χ4n) is 3.64. The second-order valence-corrected chi connectivity index (χ2v) is 9.26. The van der Waals surface area contributed by atoms with E-state index < -0.39 is 5.97 Å². The maximum atomic E-state index is 12.7. The zero-order valence-electron chi connectivity index (χ0n) is 18.7. The minimum absolute atomic E-state index is 0.0331. The van der Waals surface area contributed by atoms with Crippen molar-refractivity contribution >= 4 is 35.0 Å². The molecule has 4 N–H and O–H groups in total. The molecule has 0 aromatic heterocycles. The molecule has 0 spiro atoms. The lowest BCUT2D eigenvalue weighted by atomic mass is 10.1. The van der Waals surface area contributed by atoms with Gasteiger partial charge in [0.2, 0.25) is 0 Å². The monoisotopic (exact) mass is 473 g/mol. The minimum Gasteiger partial charge on any atom is -0.481 e. The molecule has 1 heterocycles. The van der Waals surface area contributed by atoms with Crippen LogP contribution in [0.25, 0.3) is 0 Å². The highest BCUT2D eigenvalue weighted by Gasteiger charge is 2.17. The highest BCUT2D eigenvalue weighted by atomic mass is 32.2. The third-order valence-corrected chi connectivity index (χ3v) is 6.66. The number of hydrogen-bond acceptors (Lipinski definition) is 5. The molecule has 34 heavy (non-hydrogen) atoms. The summed E-state index contributed by atoms with van der Waals surface area (Å²) in [6.45, 7) is 0.961. The first-order valence-electron chi connectivity index (χ1n) is 11.2. The van der Waals surface area contributed by atoms with E-state index in [-0.39, 0.29) is 17.6 Å². The first-order valence-corrected chi connectivity index (χ1v) is 12.1. The van der Waals surface area contributed by atoms with E-state index in [1.807, 2.05) is 66.7 Å². The number of rotatable bonds is 9. The molecule has 0 radical (unpaired) electrons. The highest BCUT2D eigenvalue weighted by molar-refractivity contribution is 7.99. The van der Waals surface area contributed by atoms with Gasteiger partial charge < -0.3 is 21.1 Å². The van der Waals surface area contributed by atoms with E-state index in [1.165, 1.54) is 11.8 Å². The molecule has 1 aliphatic rings. The largest absolute Gasteiger partial charge is 0.481 e. The van der Waals surface area contributed by atoms with Crippen molar-refractivity contribution in [3.63, 3.8) is 0 Å². The van der Waals surface area contributed by atoms with Gasteiger partial charge in [-0.2, -0.15) is 0 Å². The molecule has 0 aliphatic carbocycles. The first kappa shape index (κ1) is 23.4. The van der Waals surface area contributed by atoms with Gasteiger partial charge in [0.25, 0.3) is 5.91 Å². The lowest BCUT2D eigenvalue weighted by Crippen LogP contribution is -2.23. The van der Waals surface area contributed by atoms with Crippen LogP contribution < -0.4 is 16.0 Å². The number of benzene rings is 3. The van der Waals surface area contributed by atoms with Crippen LogP contribution >= 0.6 is 11.8 Å². The molecule has 0 saturated carbocycles. The van der Waals surface area contributed by atoms with E-state index in [4.69, 9.17) is 0 Å². The number of carboxylic acid groups (broad SMARTS) is 1. The van der Waals surface area contributed by atoms with Crippen LogP contribution in [-0.4, -0.2) is 23.5 Å². The normalized spacial score (nSPS) is 13.8. The molecule has 174 valence electrons. The summed E-state index contributed by atoms with van der Waals surface area (Å²) in [5, 5.41) is 18.7. The third kappa shape index (κ3) is 6.65. The molecule has 6 nitrogen and oxygen atoms in total. The molecule has 1 amide bonds. The van der Waals surface area contributed by atoms with Crippen molar-refractivity contribution in [1.29, 1.82) is 0 Å². The van der Waals surface area contributed by atoms with Gasteiger partial charge in [-0.3, -0.25) is 9.59 Å². The number of aliphatic carboxylic acids is 1. The molecule has 1 atom stereocenters. The van der Waals surface area contributed by atoms with Gasteiger partial charge in [-0.25, -0.2) is 0 Å². The Morgan fingerprint density at radius 2 is 1.65 bits per heavy atom. The van der Waals surface area contributed by atoms with Gasteiger partial charge in [0, 0.05) is 33.6 Å². The summed E-state index contributed by atoms with van der Waals surface area (Å²) in [5.74, 6) is -0.0209. The summed E-state index contributed by atoms with van der Waals surface area (Å²) in [6, 6.07) is 24.5. The van der Waals surface area contributed by atoms with Gasteiger partial charge in [0.05, 0.1) is 12.2 Å². The van der Waals surface area contributed by atoms with Crippen LogP contribution in [0.1, 0.15) is 40.4 Å². The zero-order valence-corrected chi connectivity index (χ0v) is 19.5. The molecule has 0 fully saturated rings. The predicted molar refractivity (Wildman–Crippen MR) is 137 cm³/mol. The summed E-state index contributed by atoms with van der Waals surface area (Å²) >= 11 is 1.50. The maximum Gasteiger partial charge on any atom is 0.304 e. The summed E-state index contributed by atoms with van der Waals surface area (Å²) in [4.78, 5) is 24.9. The molecule has 1 aliphatic heterocycles. The Hall–Kier alpha value is -3.71. The van der Waals surface area contributed by atoms with Crippen LogP contribution in [0.5, 0.6) is 0 Å². The highest BCUT2D eigenvalue weighted by Crippen LogP contribution is 2.38. The Balaban J connectivity index is 1.35. The van der Waals surface area contributed by atoms with Crippen molar-refractivity contribution in [1.82, 2.24) is 5.32 Å². The summed E-state index contributed by atoms with van der Waals surface area (Å²) < 4.78 is 0. The second-order valence-electron chi connectivity index (χ2n) is 7.98. The number of allylic oxidation sites excluding steroid dienone is 1. The first-order chi connectivity index (χ1) is 16.6. The van der Waals surface area contributed by atoms with Crippen molar-refractivity contribution in [2.75, 3.05) is 17.2 Å². The van der Waals surface area contributed by atoms with Crippen molar-refractivity contribution < 1.29 is 14.7 Å². The Morgan fingerprint density at radius 1 is 0.941 bits per heavy atom. The third-order valence-electron chi connectivity index (χ3n) is 5.39. The molecule has 7 heteroatoms. The van der Waals surface area contributed by atoms with Crippen LogP contribution in [0.2, 0.25) is 0 Å². The molecule has 3 aromatic carbocycles. The fourth-order valence-corrected chi connectivity index (χ4v) is 4.78. The van der Waals surface area contributed by atoms with Crippen LogP contribution in [0.15, 0.2) is 95.7 Å². The Labute approximate surface area is 203 Å². The van der Waals surface area contributed by atoms with Crippen LogP contribution in [0.4, 0.5) is 11.4 Å². The Bertz CT molecular complexity index is 1150. The average molecular weight is 474 g/mol. The average Bonchev–Trinajstić information content (AvgIpc) is 2.86. The number of carbonyl (C=O) groups excluding carboxylic acids is 1. The van der Waals surface area contributed by atoms with Gasteiger partial charge in [-0.1, -0.05) is 30.3 Å². The number of thioether (sulfide) groups is 1. The van der Waals surface area contributed by atoms with E-state index in [2.05, 4.69) is 22.0 Å². The molecular weight excluding hydrogens is 446 g/mol. The quantitative estimate of drug-likeness (QED) is 0.290. The number of carbonyl (C=O) groups is 2. The second kappa shape index (κ2) is 11.4. The predicted octanol–water partition coefficient (Wildman–Crippen LogP) is 5.88. The van der Waals surface area contributed by atoms with E-state index in [9.17, 15) is 14.7 Å². The van der Waals surface area contributed by atoms with Gasteiger partial charge in [-0.05, 0) is 73.0 Å². The van der Waals surface area contributed by atoms with Crippen molar-refractivity contribution in [2.24, 2.45) is 0 Å². The molecule has 3 aromatic rings. The summed E-state index contributed by atoms with van der Waals surface area (Å²) in [6.07, 6.45) is 4.36. The van der Waals surface area contributed by atoms with Crippen molar-refractivity contribution in [3.8, 4) is 0 Å².